The molecule has 1 rings (SSSR count). The molecule has 3 heteroatoms. The molecule has 1 aromatic heterocycles. The van der Waals surface area contributed by atoms with Gasteiger partial charge < -0.3 is 0 Å². The molecule has 0 atom stereocenters. The first-order valence-electron chi connectivity index (χ1n) is 5.19. The van der Waals surface area contributed by atoms with Gasteiger partial charge in [-0.05, 0) is 12.5 Å². The fraction of sp³-hybridized carbons (Fsp3) is 0.727. The zero-order valence-electron chi connectivity index (χ0n) is 9.47. The van der Waals surface area contributed by atoms with Gasteiger partial charge in [0.15, 0.2) is 0 Å². The maximum Gasteiger partial charge on any atom is 0.127 e. The molecule has 0 spiro atoms. The minimum atomic E-state index is 0.0844. The highest BCUT2D eigenvalue weighted by atomic mass is 35.5. The molecule has 0 aliphatic carbocycles. The second-order valence-electron chi connectivity index (χ2n) is 4.68. The molecule has 0 radical (unpaired) electrons. The van der Waals surface area contributed by atoms with Gasteiger partial charge in [0.05, 0.1) is 5.69 Å². The van der Waals surface area contributed by atoms with Crippen molar-refractivity contribution in [3.63, 3.8) is 0 Å². The maximum absolute atomic E-state index is 6.09. The molecule has 0 aromatic carbocycles. The summed E-state index contributed by atoms with van der Waals surface area (Å²) in [6, 6.07) is 1.97. The van der Waals surface area contributed by atoms with Crippen molar-refractivity contribution in [1.82, 2.24) is 9.78 Å². The Morgan fingerprint density at radius 3 is 2.50 bits per heavy atom. The Morgan fingerprint density at radius 2 is 2.07 bits per heavy atom. The van der Waals surface area contributed by atoms with Crippen LogP contribution in [0.25, 0.3) is 0 Å². The van der Waals surface area contributed by atoms with Crippen LogP contribution >= 0.6 is 11.6 Å². The minimum absolute atomic E-state index is 0.0844. The van der Waals surface area contributed by atoms with E-state index in [-0.39, 0.29) is 5.41 Å². The number of nitrogens with zero attached hydrogens (tertiary/aromatic N) is 2. The fourth-order valence-corrected chi connectivity index (χ4v) is 1.45. The highest BCUT2D eigenvalue weighted by Gasteiger charge is 2.18. The first kappa shape index (κ1) is 11.6. The molecular weight excluding hydrogens is 196 g/mol. The van der Waals surface area contributed by atoms with Crippen LogP contribution in [-0.4, -0.2) is 9.78 Å². The standard InChI is InChI=1S/C11H19ClN2/c1-5-6-7-14-10(12)8-9(13-14)11(2,3)4/h8H,5-7H2,1-4H3. The van der Waals surface area contributed by atoms with Crippen LogP contribution in [0.15, 0.2) is 6.07 Å². The van der Waals surface area contributed by atoms with E-state index in [9.17, 15) is 0 Å². The van der Waals surface area contributed by atoms with Gasteiger partial charge in [0.1, 0.15) is 5.15 Å². The Kier molecular flexibility index (Phi) is 3.59. The molecule has 0 N–H and O–H groups in total. The first-order valence-corrected chi connectivity index (χ1v) is 5.56. The van der Waals surface area contributed by atoms with E-state index in [1.54, 1.807) is 0 Å². The number of unbranched alkanes of at least 4 members (excludes halogenated alkanes) is 1. The van der Waals surface area contributed by atoms with Gasteiger partial charge in [0.25, 0.3) is 0 Å². The van der Waals surface area contributed by atoms with Gasteiger partial charge in [-0.15, -0.1) is 0 Å². The van der Waals surface area contributed by atoms with Crippen molar-refractivity contribution < 1.29 is 0 Å². The molecule has 0 unspecified atom stereocenters. The van der Waals surface area contributed by atoms with Gasteiger partial charge in [0, 0.05) is 12.0 Å². The maximum atomic E-state index is 6.09. The van der Waals surface area contributed by atoms with Crippen LogP contribution in [0.2, 0.25) is 5.15 Å². The normalized spacial score (nSPS) is 12.1. The van der Waals surface area contributed by atoms with Crippen LogP contribution in [0, 0.1) is 0 Å². The summed E-state index contributed by atoms with van der Waals surface area (Å²) in [5.74, 6) is 0. The van der Waals surface area contributed by atoms with Gasteiger partial charge in [-0.2, -0.15) is 5.10 Å². The molecule has 1 heterocycles. The summed E-state index contributed by atoms with van der Waals surface area (Å²) >= 11 is 6.09. The van der Waals surface area contributed by atoms with E-state index in [1.807, 2.05) is 10.7 Å². The zero-order chi connectivity index (χ0) is 10.8. The number of hydrogen-bond donors (Lipinski definition) is 0. The Bertz CT molecular complexity index is 297. The summed E-state index contributed by atoms with van der Waals surface area (Å²) in [6.07, 6.45) is 2.30. The molecule has 80 valence electrons. The minimum Gasteiger partial charge on any atom is -0.254 e. The lowest BCUT2D eigenvalue weighted by atomic mass is 9.93. The van der Waals surface area contributed by atoms with Gasteiger partial charge in [-0.25, -0.2) is 0 Å². The topological polar surface area (TPSA) is 17.8 Å². The molecule has 0 amide bonds. The van der Waals surface area contributed by atoms with Gasteiger partial charge in [0.2, 0.25) is 0 Å². The number of aryl methyl sites for hydroxylation is 1. The lowest BCUT2D eigenvalue weighted by Gasteiger charge is -2.14. The van der Waals surface area contributed by atoms with Crippen LogP contribution in [0.4, 0.5) is 0 Å². The van der Waals surface area contributed by atoms with Crippen molar-refractivity contribution in [2.24, 2.45) is 0 Å². The number of halogens is 1. The Balaban J connectivity index is 2.82. The second-order valence-corrected chi connectivity index (χ2v) is 5.07. The molecule has 0 saturated carbocycles. The summed E-state index contributed by atoms with van der Waals surface area (Å²) in [4.78, 5) is 0. The largest absolute Gasteiger partial charge is 0.254 e. The van der Waals surface area contributed by atoms with Crippen LogP contribution < -0.4 is 0 Å². The van der Waals surface area contributed by atoms with Crippen molar-refractivity contribution in [1.29, 1.82) is 0 Å². The van der Waals surface area contributed by atoms with Crippen LogP contribution in [0.3, 0.4) is 0 Å². The molecule has 14 heavy (non-hydrogen) atoms. The highest BCUT2D eigenvalue weighted by Crippen LogP contribution is 2.23. The van der Waals surface area contributed by atoms with Crippen molar-refractivity contribution in [2.45, 2.75) is 52.5 Å². The van der Waals surface area contributed by atoms with E-state index in [0.717, 1.165) is 23.8 Å². The summed E-state index contributed by atoms with van der Waals surface area (Å²) in [7, 11) is 0. The molecule has 0 bridgehead atoms. The van der Waals surface area contributed by atoms with Crippen molar-refractivity contribution in [3.05, 3.63) is 16.9 Å². The predicted octanol–water partition coefficient (Wildman–Crippen LogP) is 3.63. The van der Waals surface area contributed by atoms with Crippen LogP contribution in [-0.2, 0) is 12.0 Å². The third-order valence-electron chi connectivity index (χ3n) is 2.22. The first-order chi connectivity index (χ1) is 6.45. The van der Waals surface area contributed by atoms with Crippen LogP contribution in [0.1, 0.15) is 46.2 Å². The van der Waals surface area contributed by atoms with Gasteiger partial charge in [-0.3, -0.25) is 4.68 Å². The monoisotopic (exact) mass is 214 g/mol. The van der Waals surface area contributed by atoms with Crippen molar-refractivity contribution in [2.75, 3.05) is 0 Å². The van der Waals surface area contributed by atoms with Gasteiger partial charge in [-0.1, -0.05) is 45.7 Å². The van der Waals surface area contributed by atoms with E-state index in [1.165, 1.54) is 6.42 Å². The fourth-order valence-electron chi connectivity index (χ4n) is 1.23. The smallest absolute Gasteiger partial charge is 0.127 e. The van der Waals surface area contributed by atoms with E-state index >= 15 is 0 Å². The summed E-state index contributed by atoms with van der Waals surface area (Å²) in [5.41, 5.74) is 1.15. The molecule has 0 fully saturated rings. The molecule has 0 saturated heterocycles. The third kappa shape index (κ3) is 2.74. The second kappa shape index (κ2) is 4.35. The molecule has 1 aromatic rings. The Morgan fingerprint density at radius 1 is 1.43 bits per heavy atom. The van der Waals surface area contributed by atoms with E-state index < -0.39 is 0 Å². The number of aromatic nitrogens is 2. The average Bonchev–Trinajstić information content (AvgIpc) is 2.43. The number of rotatable bonds is 3. The van der Waals surface area contributed by atoms with Crippen molar-refractivity contribution >= 4 is 11.6 Å². The zero-order valence-corrected chi connectivity index (χ0v) is 10.2. The summed E-state index contributed by atoms with van der Waals surface area (Å²) < 4.78 is 1.89. The molecule has 0 aliphatic heterocycles. The Labute approximate surface area is 91.3 Å². The van der Waals surface area contributed by atoms with E-state index in [2.05, 4.69) is 32.8 Å². The third-order valence-corrected chi connectivity index (χ3v) is 2.53. The lowest BCUT2D eigenvalue weighted by molar-refractivity contribution is 0.519. The highest BCUT2D eigenvalue weighted by molar-refractivity contribution is 6.29. The Hall–Kier alpha value is -0.500. The average molecular weight is 215 g/mol. The summed E-state index contributed by atoms with van der Waals surface area (Å²) in [6.45, 7) is 9.54. The van der Waals surface area contributed by atoms with E-state index in [0.29, 0.717) is 0 Å². The number of hydrogen-bond acceptors (Lipinski definition) is 1. The molecule has 0 aliphatic rings. The molecular formula is C11H19ClN2. The quantitative estimate of drug-likeness (QED) is 0.752. The van der Waals surface area contributed by atoms with E-state index in [4.69, 9.17) is 11.6 Å². The van der Waals surface area contributed by atoms with Gasteiger partial charge >= 0.3 is 0 Å². The summed E-state index contributed by atoms with van der Waals surface area (Å²) in [5, 5.41) is 5.26. The molecule has 2 nitrogen and oxygen atoms in total. The predicted molar refractivity (Wildman–Crippen MR) is 60.8 cm³/mol. The SMILES string of the molecule is CCCCn1nc(C(C)(C)C)cc1Cl. The lowest BCUT2D eigenvalue weighted by Crippen LogP contribution is -2.13. The van der Waals surface area contributed by atoms with Crippen LogP contribution in [0.5, 0.6) is 0 Å². The van der Waals surface area contributed by atoms with Crippen molar-refractivity contribution in [3.8, 4) is 0 Å².